The minimum Gasteiger partial charge on any atom is -0.363 e. The number of anilines is 2. The van der Waals surface area contributed by atoms with Crippen molar-refractivity contribution in [3.63, 3.8) is 0 Å². The number of aryl methyl sites for hydroxylation is 3. The Morgan fingerprint density at radius 1 is 1.06 bits per heavy atom. The lowest BCUT2D eigenvalue weighted by Gasteiger charge is -2.33. The third kappa shape index (κ3) is 4.28. The first-order chi connectivity index (χ1) is 14.6. The van der Waals surface area contributed by atoms with Crippen LogP contribution in [0.2, 0.25) is 0 Å². The van der Waals surface area contributed by atoms with Gasteiger partial charge in [0.1, 0.15) is 5.82 Å². The molecule has 0 saturated heterocycles. The highest BCUT2D eigenvalue weighted by molar-refractivity contribution is 6.03. The summed E-state index contributed by atoms with van der Waals surface area (Å²) < 4.78 is 42.4. The molecule has 2 N–H and O–H groups in total. The molecular weight excluding hydrogens is 405 g/mol. The maximum atomic E-state index is 13.8. The van der Waals surface area contributed by atoms with Crippen LogP contribution in [0.15, 0.2) is 48.5 Å². The van der Waals surface area contributed by atoms with Crippen molar-refractivity contribution in [2.45, 2.75) is 45.5 Å². The van der Waals surface area contributed by atoms with E-state index in [1.54, 1.807) is 6.07 Å². The molecule has 1 aliphatic heterocycles. The van der Waals surface area contributed by atoms with E-state index in [1.807, 2.05) is 57.2 Å². The molecular formula is C23H23F3N4O. The fourth-order valence-corrected chi connectivity index (χ4v) is 3.84. The van der Waals surface area contributed by atoms with Gasteiger partial charge in [-0.25, -0.2) is 4.68 Å². The summed E-state index contributed by atoms with van der Waals surface area (Å²) in [6, 6.07) is 11.9. The van der Waals surface area contributed by atoms with Gasteiger partial charge in [0.25, 0.3) is 5.91 Å². The zero-order valence-electron chi connectivity index (χ0n) is 17.4. The minimum absolute atomic E-state index is 0.0683. The molecule has 1 aromatic heterocycles. The van der Waals surface area contributed by atoms with Gasteiger partial charge in [0.2, 0.25) is 0 Å². The van der Waals surface area contributed by atoms with Gasteiger partial charge < -0.3 is 10.6 Å². The van der Waals surface area contributed by atoms with E-state index in [9.17, 15) is 18.0 Å². The number of aromatic nitrogens is 2. The lowest BCUT2D eigenvalue weighted by Crippen LogP contribution is -2.35. The number of hydrogen-bond donors (Lipinski definition) is 2. The molecule has 1 aliphatic rings. The molecule has 0 radical (unpaired) electrons. The van der Waals surface area contributed by atoms with Gasteiger partial charge in [-0.3, -0.25) is 4.79 Å². The average molecular weight is 428 g/mol. The lowest BCUT2D eigenvalue weighted by molar-refractivity contribution is -0.173. The Kier molecular flexibility index (Phi) is 5.24. The fraction of sp³-hybridized carbons (Fsp3) is 0.304. The van der Waals surface area contributed by atoms with Gasteiger partial charge in [0, 0.05) is 18.2 Å². The van der Waals surface area contributed by atoms with Crippen molar-refractivity contribution in [2.75, 3.05) is 10.6 Å². The fourth-order valence-electron chi connectivity index (χ4n) is 3.84. The van der Waals surface area contributed by atoms with Crippen molar-refractivity contribution < 1.29 is 18.0 Å². The average Bonchev–Trinajstić information content (AvgIpc) is 3.13. The van der Waals surface area contributed by atoms with Crippen molar-refractivity contribution in [3.05, 3.63) is 76.5 Å². The van der Waals surface area contributed by atoms with Gasteiger partial charge in [-0.1, -0.05) is 47.5 Å². The van der Waals surface area contributed by atoms with Crippen LogP contribution in [0.25, 0.3) is 0 Å². The van der Waals surface area contributed by atoms with Crippen molar-refractivity contribution in [1.29, 1.82) is 0 Å². The number of nitrogens with zero attached hydrogens (tertiary/aromatic N) is 2. The van der Waals surface area contributed by atoms with Gasteiger partial charge in [0.15, 0.2) is 11.7 Å². The Balaban J connectivity index is 1.64. The number of carbonyl (C=O) groups is 1. The summed E-state index contributed by atoms with van der Waals surface area (Å²) in [5.74, 6) is -0.381. The number of benzene rings is 2. The normalized spacial score (nSPS) is 18.3. The molecule has 5 nitrogen and oxygen atoms in total. The number of fused-ring (bicyclic) bond motifs is 1. The lowest BCUT2D eigenvalue weighted by atomic mass is 9.96. The molecule has 0 aliphatic carbocycles. The van der Waals surface area contributed by atoms with Crippen molar-refractivity contribution in [3.8, 4) is 0 Å². The van der Waals surface area contributed by atoms with Crippen LogP contribution in [0.1, 0.15) is 51.2 Å². The zero-order valence-corrected chi connectivity index (χ0v) is 17.4. The number of alkyl halides is 3. The van der Waals surface area contributed by atoms with Crippen LogP contribution in [-0.2, 0) is 0 Å². The Hall–Kier alpha value is -3.29. The van der Waals surface area contributed by atoms with Crippen LogP contribution in [0.4, 0.5) is 24.7 Å². The summed E-state index contributed by atoms with van der Waals surface area (Å²) in [5, 5.41) is 9.86. The minimum atomic E-state index is -4.49. The molecule has 1 amide bonds. The van der Waals surface area contributed by atoms with Crippen molar-refractivity contribution >= 4 is 17.4 Å². The molecule has 8 heteroatoms. The molecule has 0 saturated carbocycles. The van der Waals surface area contributed by atoms with E-state index < -0.39 is 24.2 Å². The molecule has 162 valence electrons. The SMILES string of the molecule is Cc1ccc([C@H]2C[C@H](C(F)(F)F)n3nc(C(=O)Nc4ccc(C)cc4C)cc3N2)cc1. The molecule has 2 aromatic carbocycles. The third-order valence-corrected chi connectivity index (χ3v) is 5.53. The van der Waals surface area contributed by atoms with E-state index in [0.717, 1.165) is 26.9 Å². The highest BCUT2D eigenvalue weighted by Gasteiger charge is 2.46. The highest BCUT2D eigenvalue weighted by atomic mass is 19.4. The Labute approximate surface area is 178 Å². The van der Waals surface area contributed by atoms with Crippen LogP contribution < -0.4 is 10.6 Å². The summed E-state index contributed by atoms with van der Waals surface area (Å²) in [4.78, 5) is 12.7. The van der Waals surface area contributed by atoms with Crippen LogP contribution in [-0.4, -0.2) is 21.9 Å². The number of hydrogen-bond acceptors (Lipinski definition) is 3. The van der Waals surface area contributed by atoms with Gasteiger partial charge in [0.05, 0.1) is 6.04 Å². The standard InChI is InChI=1S/C23H23F3N4O/c1-13-4-7-16(8-5-13)18-11-20(23(24,25)26)30-21(27-18)12-19(29-30)22(31)28-17-9-6-14(2)10-15(17)3/h4-10,12,18,20,27H,11H2,1-3H3,(H,28,31)/t18-,20-/m1/s1. The van der Waals surface area contributed by atoms with Gasteiger partial charge in [-0.2, -0.15) is 18.3 Å². The number of nitrogens with one attached hydrogen (secondary N) is 2. The summed E-state index contributed by atoms with van der Waals surface area (Å²) in [6.45, 7) is 5.72. The van der Waals surface area contributed by atoms with Crippen molar-refractivity contribution in [2.24, 2.45) is 0 Å². The zero-order chi connectivity index (χ0) is 22.3. The summed E-state index contributed by atoms with van der Waals surface area (Å²) in [5.41, 5.74) is 4.23. The van der Waals surface area contributed by atoms with Crippen LogP contribution >= 0.6 is 0 Å². The molecule has 2 heterocycles. The van der Waals surface area contributed by atoms with Crippen LogP contribution in [0, 0.1) is 20.8 Å². The van der Waals surface area contributed by atoms with Crippen molar-refractivity contribution in [1.82, 2.24) is 9.78 Å². The van der Waals surface area contributed by atoms with E-state index in [0.29, 0.717) is 5.69 Å². The monoisotopic (exact) mass is 428 g/mol. The number of amides is 1. The molecule has 4 rings (SSSR count). The van der Waals surface area contributed by atoms with Gasteiger partial charge in [-0.05, 0) is 38.0 Å². The van der Waals surface area contributed by atoms with Gasteiger partial charge in [-0.15, -0.1) is 0 Å². The molecule has 0 bridgehead atoms. The first kappa shape index (κ1) is 21.0. The predicted octanol–water partition coefficient (Wildman–Crippen LogP) is 5.72. The molecule has 0 unspecified atom stereocenters. The molecule has 0 spiro atoms. The quantitative estimate of drug-likeness (QED) is 0.561. The van der Waals surface area contributed by atoms with E-state index in [2.05, 4.69) is 15.7 Å². The maximum Gasteiger partial charge on any atom is 0.410 e. The molecule has 31 heavy (non-hydrogen) atoms. The summed E-state index contributed by atoms with van der Waals surface area (Å²) in [6.07, 6.45) is -4.70. The summed E-state index contributed by atoms with van der Waals surface area (Å²) in [7, 11) is 0. The highest BCUT2D eigenvalue weighted by Crippen LogP contribution is 2.43. The number of halogens is 3. The number of carbonyl (C=O) groups excluding carboxylic acids is 1. The Morgan fingerprint density at radius 3 is 2.39 bits per heavy atom. The molecule has 0 fully saturated rings. The van der Waals surface area contributed by atoms with Crippen LogP contribution in [0.5, 0.6) is 0 Å². The second-order valence-corrected chi connectivity index (χ2v) is 8.03. The smallest absolute Gasteiger partial charge is 0.363 e. The van der Waals surface area contributed by atoms with Gasteiger partial charge >= 0.3 is 6.18 Å². The Morgan fingerprint density at radius 2 is 1.74 bits per heavy atom. The van der Waals surface area contributed by atoms with Crippen LogP contribution in [0.3, 0.4) is 0 Å². The molecule has 2 atom stereocenters. The first-order valence-corrected chi connectivity index (χ1v) is 10.00. The second-order valence-electron chi connectivity index (χ2n) is 8.03. The topological polar surface area (TPSA) is 59.0 Å². The largest absolute Gasteiger partial charge is 0.410 e. The Bertz CT molecular complexity index is 1120. The molecule has 3 aromatic rings. The second kappa shape index (κ2) is 7.76. The van der Waals surface area contributed by atoms with E-state index in [1.165, 1.54) is 6.07 Å². The maximum absolute atomic E-state index is 13.8. The predicted molar refractivity (Wildman–Crippen MR) is 113 cm³/mol. The van der Waals surface area contributed by atoms with E-state index in [4.69, 9.17) is 0 Å². The number of rotatable bonds is 3. The summed E-state index contributed by atoms with van der Waals surface area (Å²) >= 11 is 0. The van der Waals surface area contributed by atoms with E-state index >= 15 is 0 Å². The third-order valence-electron chi connectivity index (χ3n) is 5.53. The van der Waals surface area contributed by atoms with E-state index in [-0.39, 0.29) is 17.9 Å². The first-order valence-electron chi connectivity index (χ1n) is 10.00.